The first-order chi connectivity index (χ1) is 10.4. The van der Waals surface area contributed by atoms with Crippen LogP contribution in [0.4, 0.5) is 0 Å². The fraction of sp³-hybridized carbons (Fsp3) is 0.250. The number of ether oxygens (including phenoxy) is 2. The van der Waals surface area contributed by atoms with E-state index in [-0.39, 0.29) is 12.3 Å². The predicted molar refractivity (Wildman–Crippen MR) is 82.2 cm³/mol. The molecule has 22 heavy (non-hydrogen) atoms. The number of H-pyrrole nitrogens is 1. The van der Waals surface area contributed by atoms with Crippen LogP contribution in [-0.4, -0.2) is 24.0 Å². The van der Waals surface area contributed by atoms with Gasteiger partial charge in [0, 0.05) is 10.7 Å². The van der Waals surface area contributed by atoms with E-state index in [4.69, 9.17) is 21.1 Å². The van der Waals surface area contributed by atoms with E-state index >= 15 is 0 Å². The fourth-order valence-corrected chi connectivity index (χ4v) is 2.29. The molecule has 0 fully saturated rings. The van der Waals surface area contributed by atoms with E-state index in [2.05, 4.69) is 4.98 Å². The van der Waals surface area contributed by atoms with Gasteiger partial charge >= 0.3 is 11.9 Å². The van der Waals surface area contributed by atoms with Crippen molar-refractivity contribution in [3.63, 3.8) is 0 Å². The van der Waals surface area contributed by atoms with Crippen molar-refractivity contribution < 1.29 is 19.1 Å². The Labute approximate surface area is 133 Å². The highest BCUT2D eigenvalue weighted by atomic mass is 35.5. The molecule has 0 amide bonds. The molecule has 2 aromatic rings. The van der Waals surface area contributed by atoms with E-state index in [9.17, 15) is 9.59 Å². The maximum Gasteiger partial charge on any atom is 0.355 e. The van der Waals surface area contributed by atoms with Crippen LogP contribution in [0.2, 0.25) is 5.02 Å². The van der Waals surface area contributed by atoms with Gasteiger partial charge in [-0.05, 0) is 37.1 Å². The molecule has 0 atom stereocenters. The molecule has 0 spiro atoms. The van der Waals surface area contributed by atoms with Crippen LogP contribution in [0.25, 0.3) is 0 Å². The second kappa shape index (κ2) is 6.66. The van der Waals surface area contributed by atoms with E-state index in [1.165, 1.54) is 7.11 Å². The SMILES string of the molecule is COC(=O)c1c(C)[nH]c(C(=O)OCc2ccc(Cl)cc2)c1C. The van der Waals surface area contributed by atoms with Crippen LogP contribution in [0.3, 0.4) is 0 Å². The van der Waals surface area contributed by atoms with Crippen LogP contribution < -0.4 is 0 Å². The van der Waals surface area contributed by atoms with Gasteiger partial charge in [0.2, 0.25) is 0 Å². The van der Waals surface area contributed by atoms with Gasteiger partial charge in [0.15, 0.2) is 0 Å². The summed E-state index contributed by atoms with van der Waals surface area (Å²) in [5.41, 5.74) is 2.54. The Kier molecular flexibility index (Phi) is 4.88. The lowest BCUT2D eigenvalue weighted by Gasteiger charge is -2.05. The Morgan fingerprint density at radius 3 is 2.36 bits per heavy atom. The van der Waals surface area contributed by atoms with Crippen molar-refractivity contribution in [2.45, 2.75) is 20.5 Å². The Morgan fingerprint density at radius 1 is 1.14 bits per heavy atom. The third-order valence-electron chi connectivity index (χ3n) is 3.31. The number of benzene rings is 1. The lowest BCUT2D eigenvalue weighted by atomic mass is 10.1. The molecule has 1 N–H and O–H groups in total. The zero-order valence-electron chi connectivity index (χ0n) is 12.5. The largest absolute Gasteiger partial charge is 0.465 e. The first kappa shape index (κ1) is 16.1. The molecule has 0 saturated carbocycles. The number of hydrogen-bond acceptors (Lipinski definition) is 4. The zero-order chi connectivity index (χ0) is 16.3. The normalized spacial score (nSPS) is 10.4. The molecule has 1 heterocycles. The van der Waals surface area contributed by atoms with Crippen LogP contribution in [-0.2, 0) is 16.1 Å². The van der Waals surface area contributed by atoms with Crippen molar-refractivity contribution in [1.29, 1.82) is 0 Å². The number of methoxy groups -OCH3 is 1. The molecule has 5 nitrogen and oxygen atoms in total. The molecule has 6 heteroatoms. The van der Waals surface area contributed by atoms with E-state index in [0.29, 0.717) is 21.8 Å². The van der Waals surface area contributed by atoms with Crippen molar-refractivity contribution in [2.24, 2.45) is 0 Å². The van der Waals surface area contributed by atoms with Crippen molar-refractivity contribution in [2.75, 3.05) is 7.11 Å². The average Bonchev–Trinajstić information content (AvgIpc) is 2.80. The smallest absolute Gasteiger partial charge is 0.355 e. The molecule has 0 saturated heterocycles. The standard InChI is InChI=1S/C16H16ClNO4/c1-9-13(15(19)21-3)10(2)18-14(9)16(20)22-8-11-4-6-12(17)7-5-11/h4-7,18H,8H2,1-3H3. The molecular weight excluding hydrogens is 306 g/mol. The van der Waals surface area contributed by atoms with Crippen molar-refractivity contribution >= 4 is 23.5 Å². The molecule has 2 rings (SSSR count). The minimum atomic E-state index is -0.522. The predicted octanol–water partition coefficient (Wildman–Crippen LogP) is 3.43. The summed E-state index contributed by atoms with van der Waals surface area (Å²) in [5, 5.41) is 0.619. The maximum atomic E-state index is 12.2. The van der Waals surface area contributed by atoms with Gasteiger partial charge < -0.3 is 14.5 Å². The summed E-state index contributed by atoms with van der Waals surface area (Å²) >= 11 is 5.80. The quantitative estimate of drug-likeness (QED) is 0.876. The van der Waals surface area contributed by atoms with E-state index in [0.717, 1.165) is 5.56 Å². The minimum Gasteiger partial charge on any atom is -0.465 e. The summed E-state index contributed by atoms with van der Waals surface area (Å²) < 4.78 is 9.96. The second-order valence-electron chi connectivity index (χ2n) is 4.82. The molecule has 0 aliphatic heterocycles. The highest BCUT2D eigenvalue weighted by molar-refractivity contribution is 6.30. The third kappa shape index (κ3) is 3.31. The fourth-order valence-electron chi connectivity index (χ4n) is 2.16. The lowest BCUT2D eigenvalue weighted by Crippen LogP contribution is -2.08. The summed E-state index contributed by atoms with van der Waals surface area (Å²) in [7, 11) is 1.30. The number of halogens is 1. The van der Waals surface area contributed by atoms with Crippen LogP contribution in [0.15, 0.2) is 24.3 Å². The van der Waals surface area contributed by atoms with Crippen LogP contribution >= 0.6 is 11.6 Å². The number of aryl methyl sites for hydroxylation is 1. The molecule has 0 aliphatic rings. The highest BCUT2D eigenvalue weighted by Gasteiger charge is 2.23. The second-order valence-corrected chi connectivity index (χ2v) is 5.26. The van der Waals surface area contributed by atoms with E-state index < -0.39 is 11.9 Å². The van der Waals surface area contributed by atoms with E-state index in [1.807, 2.05) is 0 Å². The van der Waals surface area contributed by atoms with Gasteiger partial charge in [0.1, 0.15) is 12.3 Å². The molecular formula is C16H16ClNO4. The monoisotopic (exact) mass is 321 g/mol. The maximum absolute atomic E-state index is 12.2. The Hall–Kier alpha value is -2.27. The average molecular weight is 322 g/mol. The Balaban J connectivity index is 2.13. The van der Waals surface area contributed by atoms with Crippen molar-refractivity contribution in [3.05, 3.63) is 57.4 Å². The molecule has 0 unspecified atom stereocenters. The number of aromatic nitrogens is 1. The molecule has 0 radical (unpaired) electrons. The van der Waals surface area contributed by atoms with Gasteiger partial charge in [-0.2, -0.15) is 0 Å². The Bertz CT molecular complexity index is 704. The third-order valence-corrected chi connectivity index (χ3v) is 3.57. The summed E-state index contributed by atoms with van der Waals surface area (Å²) in [6, 6.07) is 7.01. The molecule has 1 aromatic heterocycles. The highest BCUT2D eigenvalue weighted by Crippen LogP contribution is 2.20. The number of hydrogen-bond donors (Lipinski definition) is 1. The van der Waals surface area contributed by atoms with Crippen LogP contribution in [0.5, 0.6) is 0 Å². The first-order valence-electron chi connectivity index (χ1n) is 6.63. The Morgan fingerprint density at radius 2 is 1.77 bits per heavy atom. The minimum absolute atomic E-state index is 0.126. The number of esters is 2. The molecule has 0 bridgehead atoms. The van der Waals surface area contributed by atoms with Crippen molar-refractivity contribution in [1.82, 2.24) is 4.98 Å². The van der Waals surface area contributed by atoms with Crippen LogP contribution in [0.1, 0.15) is 37.7 Å². The van der Waals surface area contributed by atoms with Crippen molar-refractivity contribution in [3.8, 4) is 0 Å². The molecule has 0 aliphatic carbocycles. The summed E-state index contributed by atoms with van der Waals surface area (Å²) in [4.78, 5) is 26.7. The van der Waals surface area contributed by atoms with Gasteiger partial charge in [0.05, 0.1) is 12.7 Å². The van der Waals surface area contributed by atoms with Gasteiger partial charge in [-0.15, -0.1) is 0 Å². The number of nitrogens with one attached hydrogen (secondary N) is 1. The van der Waals surface area contributed by atoms with Gasteiger partial charge in [-0.25, -0.2) is 9.59 Å². The van der Waals surface area contributed by atoms with E-state index in [1.54, 1.807) is 38.1 Å². The summed E-state index contributed by atoms with van der Waals surface area (Å²) in [6.45, 7) is 3.50. The first-order valence-corrected chi connectivity index (χ1v) is 7.01. The molecule has 116 valence electrons. The number of aromatic amines is 1. The lowest BCUT2D eigenvalue weighted by molar-refractivity contribution is 0.0465. The van der Waals surface area contributed by atoms with Gasteiger partial charge in [0.25, 0.3) is 0 Å². The zero-order valence-corrected chi connectivity index (χ0v) is 13.3. The summed E-state index contributed by atoms with van der Waals surface area (Å²) in [6.07, 6.45) is 0. The molecule has 1 aromatic carbocycles. The van der Waals surface area contributed by atoms with Crippen LogP contribution in [0, 0.1) is 13.8 Å². The van der Waals surface area contributed by atoms with Gasteiger partial charge in [-0.1, -0.05) is 23.7 Å². The van der Waals surface area contributed by atoms with Gasteiger partial charge in [-0.3, -0.25) is 0 Å². The topological polar surface area (TPSA) is 68.4 Å². The number of rotatable bonds is 4. The summed E-state index contributed by atoms with van der Waals surface area (Å²) in [5.74, 6) is -1.01. The number of carbonyl (C=O) groups is 2. The number of carbonyl (C=O) groups excluding carboxylic acids is 2.